The van der Waals surface area contributed by atoms with E-state index in [0.29, 0.717) is 38.2 Å². The molecule has 0 aliphatic heterocycles. The number of nitrogens with two attached hydrogens (primary N) is 1. The van der Waals surface area contributed by atoms with E-state index in [1.807, 2.05) is 0 Å². The Kier molecular flexibility index (Phi) is 5.44. The van der Waals surface area contributed by atoms with E-state index in [4.69, 9.17) is 45.4 Å². The summed E-state index contributed by atoms with van der Waals surface area (Å²) in [5.41, 5.74) is 3.03. The van der Waals surface area contributed by atoms with E-state index in [1.165, 1.54) is 0 Å². The SMILES string of the molecule is COCc1nc(NN)cc(Nc2cc(Cl)c(Cl)cc2Cl)n1. The van der Waals surface area contributed by atoms with Crippen LogP contribution in [-0.2, 0) is 11.3 Å². The Morgan fingerprint density at radius 2 is 1.71 bits per heavy atom. The number of nitrogen functional groups attached to an aromatic ring is 1. The van der Waals surface area contributed by atoms with E-state index in [9.17, 15) is 0 Å². The van der Waals surface area contributed by atoms with Crippen LogP contribution in [0.5, 0.6) is 0 Å². The van der Waals surface area contributed by atoms with Crippen LogP contribution in [0.4, 0.5) is 17.3 Å². The van der Waals surface area contributed by atoms with Gasteiger partial charge in [-0.05, 0) is 12.1 Å². The molecule has 1 heterocycles. The number of benzene rings is 1. The minimum atomic E-state index is 0.249. The van der Waals surface area contributed by atoms with E-state index in [1.54, 1.807) is 25.3 Å². The van der Waals surface area contributed by atoms with Crippen LogP contribution in [0.2, 0.25) is 15.1 Å². The van der Waals surface area contributed by atoms with E-state index >= 15 is 0 Å². The first-order valence-corrected chi connectivity index (χ1v) is 6.92. The summed E-state index contributed by atoms with van der Waals surface area (Å²) in [6.45, 7) is 0.249. The smallest absolute Gasteiger partial charge is 0.158 e. The average Bonchev–Trinajstić information content (AvgIpc) is 2.45. The van der Waals surface area contributed by atoms with Gasteiger partial charge in [0.25, 0.3) is 0 Å². The van der Waals surface area contributed by atoms with E-state index in [-0.39, 0.29) is 6.61 Å². The third-order valence-electron chi connectivity index (χ3n) is 2.47. The van der Waals surface area contributed by atoms with Crippen molar-refractivity contribution in [3.05, 3.63) is 39.1 Å². The molecule has 0 spiro atoms. The first kappa shape index (κ1) is 16.1. The van der Waals surface area contributed by atoms with E-state index < -0.39 is 0 Å². The van der Waals surface area contributed by atoms with Crippen molar-refractivity contribution < 1.29 is 4.74 Å². The highest BCUT2D eigenvalue weighted by Gasteiger charge is 2.09. The van der Waals surface area contributed by atoms with Gasteiger partial charge in [0.05, 0.1) is 20.8 Å². The molecule has 0 bridgehead atoms. The fourth-order valence-electron chi connectivity index (χ4n) is 1.59. The Balaban J connectivity index is 2.34. The van der Waals surface area contributed by atoms with Gasteiger partial charge in [0.15, 0.2) is 5.82 Å². The van der Waals surface area contributed by atoms with Crippen molar-refractivity contribution in [1.29, 1.82) is 0 Å². The van der Waals surface area contributed by atoms with Gasteiger partial charge in [-0.3, -0.25) is 0 Å². The lowest BCUT2D eigenvalue weighted by Gasteiger charge is -2.11. The zero-order valence-electron chi connectivity index (χ0n) is 11.0. The summed E-state index contributed by atoms with van der Waals surface area (Å²) in [5.74, 6) is 6.77. The maximum absolute atomic E-state index is 6.11. The van der Waals surface area contributed by atoms with Crippen LogP contribution in [0.3, 0.4) is 0 Å². The molecule has 0 aliphatic rings. The highest BCUT2D eigenvalue weighted by atomic mass is 35.5. The molecule has 9 heteroatoms. The summed E-state index contributed by atoms with van der Waals surface area (Å²) >= 11 is 18.0. The second kappa shape index (κ2) is 7.11. The standard InChI is InChI=1S/C12H12Cl3N5O/c1-21-5-12-18-10(4-11(19-12)20-16)17-9-3-7(14)6(13)2-8(9)15/h2-4H,5,16H2,1H3,(H2,17,18,19,20). The fraction of sp³-hybridized carbons (Fsp3) is 0.167. The molecule has 112 valence electrons. The molecule has 0 saturated heterocycles. The molecule has 0 unspecified atom stereocenters. The van der Waals surface area contributed by atoms with E-state index in [2.05, 4.69) is 20.7 Å². The van der Waals surface area contributed by atoms with Crippen LogP contribution in [0.15, 0.2) is 18.2 Å². The average molecular weight is 349 g/mol. The van der Waals surface area contributed by atoms with Crippen LogP contribution >= 0.6 is 34.8 Å². The Bertz CT molecular complexity index is 653. The van der Waals surface area contributed by atoms with Gasteiger partial charge in [0.1, 0.15) is 18.2 Å². The van der Waals surface area contributed by atoms with Gasteiger partial charge in [-0.2, -0.15) is 0 Å². The zero-order chi connectivity index (χ0) is 15.4. The number of aromatic nitrogens is 2. The van der Waals surface area contributed by atoms with Crippen LogP contribution in [0.1, 0.15) is 5.82 Å². The van der Waals surface area contributed by atoms with Crippen LogP contribution in [0, 0.1) is 0 Å². The first-order valence-electron chi connectivity index (χ1n) is 5.78. The molecular weight excluding hydrogens is 337 g/mol. The number of nitrogens with one attached hydrogen (secondary N) is 2. The number of halogens is 3. The van der Waals surface area contributed by atoms with Crippen LogP contribution < -0.4 is 16.6 Å². The number of hydrogen-bond acceptors (Lipinski definition) is 6. The lowest BCUT2D eigenvalue weighted by Crippen LogP contribution is -2.12. The third kappa shape index (κ3) is 4.09. The number of rotatable bonds is 5. The second-order valence-corrected chi connectivity index (χ2v) is 5.22. The second-order valence-electron chi connectivity index (χ2n) is 4.00. The van der Waals surface area contributed by atoms with Gasteiger partial charge in [-0.15, -0.1) is 0 Å². The molecule has 2 rings (SSSR count). The minimum absolute atomic E-state index is 0.249. The lowest BCUT2D eigenvalue weighted by molar-refractivity contribution is 0.178. The summed E-state index contributed by atoms with van der Waals surface area (Å²) in [6, 6.07) is 4.78. The quantitative estimate of drug-likeness (QED) is 0.435. The highest BCUT2D eigenvalue weighted by Crippen LogP contribution is 2.33. The number of nitrogens with zero attached hydrogens (tertiary/aromatic N) is 2. The summed E-state index contributed by atoms with van der Waals surface area (Å²) in [4.78, 5) is 8.43. The molecule has 4 N–H and O–H groups in total. The largest absolute Gasteiger partial charge is 0.377 e. The predicted molar refractivity (Wildman–Crippen MR) is 85.3 cm³/mol. The van der Waals surface area contributed by atoms with Gasteiger partial charge in [0, 0.05) is 13.2 Å². The molecule has 0 fully saturated rings. The maximum atomic E-state index is 6.11. The minimum Gasteiger partial charge on any atom is -0.377 e. The molecule has 0 saturated carbocycles. The molecule has 0 radical (unpaired) electrons. The maximum Gasteiger partial charge on any atom is 0.158 e. The molecular formula is C12H12Cl3N5O. The molecule has 6 nitrogen and oxygen atoms in total. The summed E-state index contributed by atoms with van der Waals surface area (Å²) in [6.07, 6.45) is 0. The monoisotopic (exact) mass is 347 g/mol. The fourth-order valence-corrected chi connectivity index (χ4v) is 2.18. The van der Waals surface area contributed by atoms with Gasteiger partial charge in [-0.25, -0.2) is 15.8 Å². The molecule has 0 aliphatic carbocycles. The van der Waals surface area contributed by atoms with Crippen molar-refractivity contribution in [2.24, 2.45) is 5.84 Å². The third-order valence-corrected chi connectivity index (χ3v) is 3.50. The van der Waals surface area contributed by atoms with E-state index in [0.717, 1.165) is 0 Å². The number of hydrazine groups is 1. The number of hydrogen-bond donors (Lipinski definition) is 3. The van der Waals surface area contributed by atoms with Gasteiger partial charge in [-0.1, -0.05) is 34.8 Å². The summed E-state index contributed by atoms with van der Waals surface area (Å²) in [5, 5.41) is 4.21. The molecule has 21 heavy (non-hydrogen) atoms. The molecule has 0 atom stereocenters. The summed E-state index contributed by atoms with van der Waals surface area (Å²) in [7, 11) is 1.55. The van der Waals surface area contributed by atoms with Crippen molar-refractivity contribution in [1.82, 2.24) is 9.97 Å². The topological polar surface area (TPSA) is 85.1 Å². The lowest BCUT2D eigenvalue weighted by atomic mass is 10.3. The van der Waals surface area contributed by atoms with Crippen molar-refractivity contribution in [2.75, 3.05) is 17.9 Å². The van der Waals surface area contributed by atoms with Gasteiger partial charge >= 0.3 is 0 Å². The number of methoxy groups -OCH3 is 1. The summed E-state index contributed by atoms with van der Waals surface area (Å²) < 4.78 is 5.01. The number of ether oxygens (including phenoxy) is 1. The molecule has 2 aromatic rings. The Hall–Kier alpha value is -1.31. The normalized spacial score (nSPS) is 10.5. The van der Waals surface area contributed by atoms with Crippen LogP contribution in [0.25, 0.3) is 0 Å². The van der Waals surface area contributed by atoms with Gasteiger partial charge < -0.3 is 15.5 Å². The van der Waals surface area contributed by atoms with Crippen molar-refractivity contribution >= 4 is 52.1 Å². The highest BCUT2D eigenvalue weighted by molar-refractivity contribution is 6.44. The van der Waals surface area contributed by atoms with Crippen molar-refractivity contribution in [3.8, 4) is 0 Å². The van der Waals surface area contributed by atoms with Crippen molar-refractivity contribution in [3.63, 3.8) is 0 Å². The number of anilines is 3. The Morgan fingerprint density at radius 1 is 1.05 bits per heavy atom. The predicted octanol–water partition coefficient (Wildman–Crippen LogP) is 3.61. The molecule has 0 amide bonds. The first-order chi connectivity index (χ1) is 10.0. The van der Waals surface area contributed by atoms with Crippen LogP contribution in [-0.4, -0.2) is 17.1 Å². The molecule has 1 aromatic carbocycles. The molecule has 1 aromatic heterocycles. The van der Waals surface area contributed by atoms with Gasteiger partial charge in [0.2, 0.25) is 0 Å². The Labute approximate surface area is 136 Å². The van der Waals surface area contributed by atoms with Crippen molar-refractivity contribution in [2.45, 2.75) is 6.61 Å². The Morgan fingerprint density at radius 3 is 2.38 bits per heavy atom. The zero-order valence-corrected chi connectivity index (χ0v) is 13.2.